The molecular weight excluding hydrogens is 258 g/mol. The molecule has 1 atom stereocenters. The van der Waals surface area contributed by atoms with E-state index in [-0.39, 0.29) is 12.6 Å². The van der Waals surface area contributed by atoms with Crippen molar-refractivity contribution in [2.45, 2.75) is 19.5 Å². The zero-order valence-electron chi connectivity index (χ0n) is 12.4. The fraction of sp³-hybridized carbons (Fsp3) is 0.263. The Bertz CT molecular complexity index is 583. The first-order chi connectivity index (χ1) is 10.3. The van der Waals surface area contributed by atoms with Crippen LogP contribution in [0.1, 0.15) is 18.1 Å². The second-order valence-electron chi connectivity index (χ2n) is 5.09. The average molecular weight is 279 g/mol. The first-order valence-electron chi connectivity index (χ1n) is 7.22. The van der Waals surface area contributed by atoms with Crippen LogP contribution in [0.2, 0.25) is 0 Å². The predicted octanol–water partition coefficient (Wildman–Crippen LogP) is 2.92. The number of nitrogens with zero attached hydrogens (tertiary/aromatic N) is 1. The molecule has 0 amide bonds. The Morgan fingerprint density at radius 1 is 1.00 bits per heavy atom. The Labute approximate surface area is 127 Å². The zero-order chi connectivity index (χ0) is 14.9. The Balaban J connectivity index is 2.02. The molecule has 0 heterocycles. The van der Waals surface area contributed by atoms with Crippen molar-refractivity contribution >= 4 is 0 Å². The summed E-state index contributed by atoms with van der Waals surface area (Å²) in [6.07, 6.45) is 0. The third-order valence-electron chi connectivity index (χ3n) is 3.40. The van der Waals surface area contributed by atoms with Crippen LogP contribution in [0.4, 0.5) is 0 Å². The second-order valence-corrected chi connectivity index (χ2v) is 5.09. The normalized spacial score (nSPS) is 11.8. The minimum Gasteiger partial charge on any atom is -0.395 e. The zero-order valence-corrected chi connectivity index (χ0v) is 12.4. The summed E-state index contributed by atoms with van der Waals surface area (Å²) in [5.74, 6) is 6.37. The molecule has 0 aliphatic rings. The van der Waals surface area contributed by atoms with E-state index in [2.05, 4.69) is 28.9 Å². The molecule has 0 bridgehead atoms. The van der Waals surface area contributed by atoms with Crippen LogP contribution in [0.25, 0.3) is 0 Å². The van der Waals surface area contributed by atoms with Gasteiger partial charge in [-0.3, -0.25) is 4.90 Å². The molecule has 108 valence electrons. The van der Waals surface area contributed by atoms with Gasteiger partial charge in [-0.2, -0.15) is 0 Å². The van der Waals surface area contributed by atoms with Crippen molar-refractivity contribution in [1.29, 1.82) is 0 Å². The molecule has 2 aromatic rings. The first-order valence-corrected chi connectivity index (χ1v) is 7.22. The second kappa shape index (κ2) is 8.26. The van der Waals surface area contributed by atoms with Gasteiger partial charge in [-0.25, -0.2) is 0 Å². The molecular formula is C19H21NO. The van der Waals surface area contributed by atoms with Crippen LogP contribution in [0.15, 0.2) is 60.7 Å². The van der Waals surface area contributed by atoms with E-state index in [9.17, 15) is 5.11 Å². The molecule has 1 N–H and O–H groups in total. The van der Waals surface area contributed by atoms with E-state index in [4.69, 9.17) is 0 Å². The largest absolute Gasteiger partial charge is 0.395 e. The highest BCUT2D eigenvalue weighted by Gasteiger charge is 2.11. The van der Waals surface area contributed by atoms with Crippen molar-refractivity contribution < 1.29 is 5.11 Å². The molecule has 0 radical (unpaired) electrons. The van der Waals surface area contributed by atoms with Gasteiger partial charge in [-0.05, 0) is 24.6 Å². The number of hydrogen-bond donors (Lipinski definition) is 1. The van der Waals surface area contributed by atoms with Crippen molar-refractivity contribution in [1.82, 2.24) is 4.90 Å². The smallest absolute Gasteiger partial charge is 0.0611 e. The van der Waals surface area contributed by atoms with Crippen LogP contribution in [-0.4, -0.2) is 29.2 Å². The summed E-state index contributed by atoms with van der Waals surface area (Å²) >= 11 is 0. The summed E-state index contributed by atoms with van der Waals surface area (Å²) in [5, 5.41) is 9.41. The van der Waals surface area contributed by atoms with E-state index in [1.165, 1.54) is 5.56 Å². The third kappa shape index (κ3) is 5.07. The lowest BCUT2D eigenvalue weighted by Crippen LogP contribution is -2.35. The SMILES string of the molecule is C[C@@H](CO)N(CC#Cc1ccccc1)Cc1ccccc1. The number of benzene rings is 2. The van der Waals surface area contributed by atoms with E-state index in [0.29, 0.717) is 6.54 Å². The predicted molar refractivity (Wildman–Crippen MR) is 86.7 cm³/mol. The monoisotopic (exact) mass is 279 g/mol. The van der Waals surface area contributed by atoms with Gasteiger partial charge in [0.15, 0.2) is 0 Å². The van der Waals surface area contributed by atoms with Gasteiger partial charge in [0.1, 0.15) is 0 Å². The molecule has 2 rings (SSSR count). The quantitative estimate of drug-likeness (QED) is 0.851. The number of hydrogen-bond acceptors (Lipinski definition) is 2. The van der Waals surface area contributed by atoms with Gasteiger partial charge in [0, 0.05) is 18.2 Å². The van der Waals surface area contributed by atoms with Crippen molar-refractivity contribution in [2.75, 3.05) is 13.2 Å². The van der Waals surface area contributed by atoms with Crippen molar-refractivity contribution in [3.63, 3.8) is 0 Å². The van der Waals surface area contributed by atoms with Gasteiger partial charge < -0.3 is 5.11 Å². The summed E-state index contributed by atoms with van der Waals surface area (Å²) in [5.41, 5.74) is 2.26. The van der Waals surface area contributed by atoms with Crippen molar-refractivity contribution in [2.24, 2.45) is 0 Å². The Hall–Kier alpha value is -2.08. The molecule has 2 nitrogen and oxygen atoms in total. The fourth-order valence-electron chi connectivity index (χ4n) is 2.07. The molecule has 0 aromatic heterocycles. The fourth-order valence-corrected chi connectivity index (χ4v) is 2.07. The molecule has 21 heavy (non-hydrogen) atoms. The molecule has 0 saturated carbocycles. The van der Waals surface area contributed by atoms with Crippen LogP contribution >= 0.6 is 0 Å². The van der Waals surface area contributed by atoms with Gasteiger partial charge in [0.2, 0.25) is 0 Å². The van der Waals surface area contributed by atoms with Crippen LogP contribution in [0, 0.1) is 11.8 Å². The number of rotatable bonds is 5. The van der Waals surface area contributed by atoms with Gasteiger partial charge in [0.05, 0.1) is 13.2 Å². The third-order valence-corrected chi connectivity index (χ3v) is 3.40. The lowest BCUT2D eigenvalue weighted by molar-refractivity contribution is 0.142. The lowest BCUT2D eigenvalue weighted by Gasteiger charge is -2.25. The van der Waals surface area contributed by atoms with E-state index in [1.807, 2.05) is 55.5 Å². The summed E-state index contributed by atoms with van der Waals surface area (Å²) < 4.78 is 0. The number of aliphatic hydroxyl groups is 1. The molecule has 2 heteroatoms. The topological polar surface area (TPSA) is 23.5 Å². The molecule has 0 aliphatic carbocycles. The first kappa shape index (κ1) is 15.3. The van der Waals surface area contributed by atoms with Crippen LogP contribution in [0.5, 0.6) is 0 Å². The Morgan fingerprint density at radius 2 is 1.62 bits per heavy atom. The van der Waals surface area contributed by atoms with E-state index in [1.54, 1.807) is 0 Å². The maximum Gasteiger partial charge on any atom is 0.0611 e. The Morgan fingerprint density at radius 3 is 2.24 bits per heavy atom. The summed E-state index contributed by atoms with van der Waals surface area (Å²) in [6.45, 7) is 3.60. The summed E-state index contributed by atoms with van der Waals surface area (Å²) in [6, 6.07) is 20.3. The highest BCUT2D eigenvalue weighted by Crippen LogP contribution is 2.07. The molecule has 0 saturated heterocycles. The Kier molecular flexibility index (Phi) is 6.02. The average Bonchev–Trinajstić information content (AvgIpc) is 2.55. The minimum atomic E-state index is 0.0929. The van der Waals surface area contributed by atoms with Gasteiger partial charge >= 0.3 is 0 Å². The maximum absolute atomic E-state index is 9.41. The van der Waals surface area contributed by atoms with Gasteiger partial charge in [-0.15, -0.1) is 0 Å². The lowest BCUT2D eigenvalue weighted by atomic mass is 10.2. The molecule has 2 aromatic carbocycles. The van der Waals surface area contributed by atoms with E-state index >= 15 is 0 Å². The maximum atomic E-state index is 9.41. The van der Waals surface area contributed by atoms with Gasteiger partial charge in [-0.1, -0.05) is 60.4 Å². The van der Waals surface area contributed by atoms with Crippen LogP contribution < -0.4 is 0 Å². The molecule has 0 fully saturated rings. The van der Waals surface area contributed by atoms with Crippen molar-refractivity contribution in [3.05, 3.63) is 71.8 Å². The van der Waals surface area contributed by atoms with Crippen LogP contribution in [0.3, 0.4) is 0 Å². The highest BCUT2D eigenvalue weighted by molar-refractivity contribution is 5.33. The number of aliphatic hydroxyl groups excluding tert-OH is 1. The van der Waals surface area contributed by atoms with Crippen molar-refractivity contribution in [3.8, 4) is 11.8 Å². The standard InChI is InChI=1S/C19H21NO/c1-17(16-21)20(15-19-11-6-3-7-12-19)14-8-13-18-9-4-2-5-10-18/h2-7,9-12,17,21H,14-16H2,1H3/t17-/m0/s1. The van der Waals surface area contributed by atoms with Gasteiger partial charge in [0.25, 0.3) is 0 Å². The molecule has 0 spiro atoms. The van der Waals surface area contributed by atoms with E-state index < -0.39 is 0 Å². The van der Waals surface area contributed by atoms with E-state index in [0.717, 1.165) is 12.1 Å². The summed E-state index contributed by atoms with van der Waals surface area (Å²) in [7, 11) is 0. The molecule has 0 aliphatic heterocycles. The van der Waals surface area contributed by atoms with Crippen LogP contribution in [-0.2, 0) is 6.54 Å². The molecule has 0 unspecified atom stereocenters. The minimum absolute atomic E-state index is 0.0929. The summed E-state index contributed by atoms with van der Waals surface area (Å²) in [4.78, 5) is 2.19. The highest BCUT2D eigenvalue weighted by atomic mass is 16.3.